The van der Waals surface area contributed by atoms with Gasteiger partial charge in [0, 0.05) is 17.4 Å². The van der Waals surface area contributed by atoms with Crippen LogP contribution in [0.15, 0.2) is 42.7 Å². The quantitative estimate of drug-likeness (QED) is 0.597. The molecule has 1 amide bonds. The molecule has 0 saturated heterocycles. The van der Waals surface area contributed by atoms with Crippen LogP contribution in [-0.2, 0) is 0 Å². The fraction of sp³-hybridized carbons (Fsp3) is 0.143. The number of benzene rings is 1. The van der Waals surface area contributed by atoms with Gasteiger partial charge in [-0.05, 0) is 30.7 Å². The normalized spacial score (nSPS) is 11.8. The summed E-state index contributed by atoms with van der Waals surface area (Å²) < 4.78 is 0. The van der Waals surface area contributed by atoms with Crippen molar-refractivity contribution in [3.63, 3.8) is 0 Å². The lowest BCUT2D eigenvalue weighted by molar-refractivity contribution is 0.0940. The number of anilines is 1. The van der Waals surface area contributed by atoms with E-state index in [-0.39, 0.29) is 11.9 Å². The number of nitrogens with zero attached hydrogens (tertiary/aromatic N) is 1. The summed E-state index contributed by atoms with van der Waals surface area (Å²) in [5.41, 5.74) is 4.32. The topological polar surface area (TPSA) is 80.0 Å². The lowest BCUT2D eigenvalue weighted by Gasteiger charge is -2.15. The molecule has 1 atom stereocenters. The van der Waals surface area contributed by atoms with Gasteiger partial charge >= 0.3 is 0 Å². The summed E-state index contributed by atoms with van der Waals surface area (Å²) in [4.78, 5) is 16.1. The number of hydrogen-bond donors (Lipinski definition) is 3. The van der Waals surface area contributed by atoms with Crippen LogP contribution in [0.3, 0.4) is 0 Å². The Hall–Kier alpha value is -2.11. The summed E-state index contributed by atoms with van der Waals surface area (Å²) in [5, 5.41) is 3.51. The van der Waals surface area contributed by atoms with Gasteiger partial charge in [-0.15, -0.1) is 0 Å². The van der Waals surface area contributed by atoms with Gasteiger partial charge < -0.3 is 10.7 Å². The number of carbonyl (C=O) groups is 1. The lowest BCUT2D eigenvalue weighted by atomic mass is 10.1. The first-order valence-corrected chi connectivity index (χ1v) is 6.46. The Balaban J connectivity index is 2.15. The van der Waals surface area contributed by atoms with Crippen molar-refractivity contribution in [3.8, 4) is 0 Å². The van der Waals surface area contributed by atoms with E-state index in [0.29, 0.717) is 16.3 Å². The second-order valence-corrected chi connectivity index (χ2v) is 4.75. The largest absolute Gasteiger partial charge is 0.345 e. The zero-order valence-corrected chi connectivity index (χ0v) is 11.7. The molecular weight excluding hydrogens is 276 g/mol. The molecular formula is C14H15ClN4O. The number of nitrogen functional groups attached to an aromatic ring is 1. The summed E-state index contributed by atoms with van der Waals surface area (Å²) in [6.07, 6.45) is 3.03. The van der Waals surface area contributed by atoms with Crippen molar-refractivity contribution in [3.05, 3.63) is 58.9 Å². The smallest absolute Gasteiger partial charge is 0.255 e. The van der Waals surface area contributed by atoms with Gasteiger partial charge in [0.2, 0.25) is 0 Å². The van der Waals surface area contributed by atoms with Crippen molar-refractivity contribution in [2.45, 2.75) is 13.0 Å². The predicted molar refractivity (Wildman–Crippen MR) is 79.4 cm³/mol. The number of hydrazine groups is 1. The molecule has 0 bridgehead atoms. The summed E-state index contributed by atoms with van der Waals surface area (Å²) >= 11 is 5.94. The fourth-order valence-corrected chi connectivity index (χ4v) is 2.03. The van der Waals surface area contributed by atoms with Gasteiger partial charge in [-0.3, -0.25) is 15.6 Å². The first kappa shape index (κ1) is 14.3. The Morgan fingerprint density at radius 2 is 2.20 bits per heavy atom. The van der Waals surface area contributed by atoms with Crippen LogP contribution in [-0.4, -0.2) is 10.9 Å². The average molecular weight is 291 g/mol. The Bertz CT molecular complexity index is 618. The molecule has 2 rings (SSSR count). The van der Waals surface area contributed by atoms with Gasteiger partial charge in [-0.2, -0.15) is 0 Å². The highest BCUT2D eigenvalue weighted by Crippen LogP contribution is 2.19. The number of nitrogens with two attached hydrogens (primary N) is 1. The molecule has 0 aliphatic heterocycles. The minimum Gasteiger partial charge on any atom is -0.345 e. The van der Waals surface area contributed by atoms with Crippen LogP contribution >= 0.6 is 11.6 Å². The number of rotatable bonds is 4. The maximum atomic E-state index is 12.2. The first-order chi connectivity index (χ1) is 9.61. The van der Waals surface area contributed by atoms with Crippen molar-refractivity contribution in [1.29, 1.82) is 0 Å². The molecule has 0 saturated carbocycles. The van der Waals surface area contributed by atoms with E-state index in [4.69, 9.17) is 17.4 Å². The van der Waals surface area contributed by atoms with E-state index >= 15 is 0 Å². The number of carbonyl (C=O) groups excluding carboxylic acids is 1. The van der Waals surface area contributed by atoms with Gasteiger partial charge in [-0.1, -0.05) is 23.7 Å². The molecule has 1 aromatic heterocycles. The highest BCUT2D eigenvalue weighted by Gasteiger charge is 2.14. The third-order valence-corrected chi connectivity index (χ3v) is 3.15. The van der Waals surface area contributed by atoms with Gasteiger partial charge in [0.15, 0.2) is 0 Å². The molecule has 1 unspecified atom stereocenters. The number of hydrogen-bond acceptors (Lipinski definition) is 4. The first-order valence-electron chi connectivity index (χ1n) is 6.08. The van der Waals surface area contributed by atoms with E-state index in [2.05, 4.69) is 15.7 Å². The zero-order valence-electron chi connectivity index (χ0n) is 10.9. The molecule has 0 radical (unpaired) electrons. The minimum atomic E-state index is -0.251. The van der Waals surface area contributed by atoms with Crippen LogP contribution in [0.2, 0.25) is 5.02 Å². The number of aromatic nitrogens is 1. The van der Waals surface area contributed by atoms with Gasteiger partial charge in [0.25, 0.3) is 5.91 Å². The van der Waals surface area contributed by atoms with E-state index < -0.39 is 0 Å². The van der Waals surface area contributed by atoms with Crippen LogP contribution in [0.1, 0.15) is 28.9 Å². The molecule has 0 fully saturated rings. The molecule has 2 aromatic rings. The van der Waals surface area contributed by atoms with Crippen molar-refractivity contribution in [1.82, 2.24) is 10.3 Å². The Kier molecular flexibility index (Phi) is 4.55. The van der Waals surface area contributed by atoms with E-state index in [0.717, 1.165) is 5.56 Å². The molecule has 1 aromatic carbocycles. The lowest BCUT2D eigenvalue weighted by Crippen LogP contribution is -2.28. The third kappa shape index (κ3) is 3.26. The predicted octanol–water partition coefficient (Wildman–Crippen LogP) is 2.51. The van der Waals surface area contributed by atoms with Crippen LogP contribution in [0.5, 0.6) is 0 Å². The summed E-state index contributed by atoms with van der Waals surface area (Å²) in [6.45, 7) is 1.88. The van der Waals surface area contributed by atoms with E-state index in [1.54, 1.807) is 18.3 Å². The van der Waals surface area contributed by atoms with Crippen molar-refractivity contribution < 1.29 is 4.79 Å². The standard InChI is InChI=1S/C14H15ClN4O/c1-9(10-3-2-4-11(15)7-10)18-14(20)12-8-17-6-5-13(12)19-16/h2-9H,16H2,1H3,(H,17,19)(H,18,20). The fourth-order valence-electron chi connectivity index (χ4n) is 1.83. The average Bonchev–Trinajstić information content (AvgIpc) is 2.47. The maximum absolute atomic E-state index is 12.2. The van der Waals surface area contributed by atoms with Crippen LogP contribution in [0.4, 0.5) is 5.69 Å². The van der Waals surface area contributed by atoms with Gasteiger partial charge in [0.1, 0.15) is 0 Å². The molecule has 6 heteroatoms. The number of amides is 1. The van der Waals surface area contributed by atoms with Crippen molar-refractivity contribution in [2.75, 3.05) is 5.43 Å². The number of pyridine rings is 1. The van der Waals surface area contributed by atoms with Crippen LogP contribution < -0.4 is 16.6 Å². The monoisotopic (exact) mass is 290 g/mol. The number of halogens is 1. The summed E-state index contributed by atoms with van der Waals surface area (Å²) in [5.74, 6) is 5.12. The summed E-state index contributed by atoms with van der Waals surface area (Å²) in [7, 11) is 0. The molecule has 4 N–H and O–H groups in total. The second kappa shape index (κ2) is 6.36. The Morgan fingerprint density at radius 3 is 2.90 bits per heavy atom. The van der Waals surface area contributed by atoms with Crippen molar-refractivity contribution in [2.24, 2.45) is 5.84 Å². The minimum absolute atomic E-state index is 0.174. The molecule has 0 spiro atoms. The maximum Gasteiger partial charge on any atom is 0.255 e. The SMILES string of the molecule is CC(NC(=O)c1cnccc1NN)c1cccc(Cl)c1. The van der Waals surface area contributed by atoms with E-state index in [9.17, 15) is 4.79 Å². The highest BCUT2D eigenvalue weighted by atomic mass is 35.5. The molecule has 0 aliphatic rings. The molecule has 0 aliphatic carbocycles. The molecule has 5 nitrogen and oxygen atoms in total. The second-order valence-electron chi connectivity index (χ2n) is 4.32. The molecule has 1 heterocycles. The highest BCUT2D eigenvalue weighted by molar-refractivity contribution is 6.30. The molecule has 104 valence electrons. The Labute approximate surface area is 122 Å². The van der Waals surface area contributed by atoms with Gasteiger partial charge in [-0.25, -0.2) is 0 Å². The third-order valence-electron chi connectivity index (χ3n) is 2.92. The zero-order chi connectivity index (χ0) is 14.5. The van der Waals surface area contributed by atoms with E-state index in [1.165, 1.54) is 6.20 Å². The van der Waals surface area contributed by atoms with Crippen LogP contribution in [0.25, 0.3) is 0 Å². The van der Waals surface area contributed by atoms with Gasteiger partial charge in [0.05, 0.1) is 17.3 Å². The Morgan fingerprint density at radius 1 is 1.40 bits per heavy atom. The number of nitrogens with one attached hydrogen (secondary N) is 2. The van der Waals surface area contributed by atoms with E-state index in [1.807, 2.05) is 25.1 Å². The van der Waals surface area contributed by atoms with Crippen molar-refractivity contribution >= 4 is 23.2 Å². The van der Waals surface area contributed by atoms with Crippen LogP contribution in [0, 0.1) is 0 Å². The molecule has 20 heavy (non-hydrogen) atoms. The summed E-state index contributed by atoms with van der Waals surface area (Å²) in [6, 6.07) is 8.82.